The number of carbonyl (C=O) groups is 1. The molecule has 1 amide bonds. The smallest absolute Gasteiger partial charge is 0.274 e. The van der Waals surface area contributed by atoms with Crippen LogP contribution in [0.2, 0.25) is 0 Å². The zero-order valence-corrected chi connectivity index (χ0v) is 15.7. The van der Waals surface area contributed by atoms with E-state index in [1.165, 1.54) is 11.3 Å². The minimum Gasteiger partial charge on any atom is -0.339 e. The van der Waals surface area contributed by atoms with E-state index in [0.29, 0.717) is 17.4 Å². The second-order valence-corrected chi connectivity index (χ2v) is 6.89. The van der Waals surface area contributed by atoms with Crippen molar-refractivity contribution < 1.29 is 4.79 Å². The lowest BCUT2D eigenvalue weighted by Crippen LogP contribution is -2.17. The first-order chi connectivity index (χ1) is 13.8. The number of nitrogens with one attached hydrogen (secondary N) is 1. The molecule has 0 bridgehead atoms. The van der Waals surface area contributed by atoms with Crippen molar-refractivity contribution in [2.24, 2.45) is 0 Å². The summed E-state index contributed by atoms with van der Waals surface area (Å²) in [5, 5.41) is 5.34. The number of rotatable bonds is 6. The first-order valence-electron chi connectivity index (χ1n) is 8.67. The van der Waals surface area contributed by atoms with Gasteiger partial charge in [-0.25, -0.2) is 4.98 Å². The molecule has 4 rings (SSSR count). The summed E-state index contributed by atoms with van der Waals surface area (Å²) in [6, 6.07) is 11.4. The number of carbonyl (C=O) groups excluding carboxylic acids is 1. The minimum atomic E-state index is -0.184. The molecular formula is C21H17N5OS. The second kappa shape index (κ2) is 8.41. The van der Waals surface area contributed by atoms with E-state index >= 15 is 0 Å². The van der Waals surface area contributed by atoms with E-state index in [9.17, 15) is 4.79 Å². The zero-order valence-electron chi connectivity index (χ0n) is 14.9. The molecule has 28 heavy (non-hydrogen) atoms. The first kappa shape index (κ1) is 17.8. The number of pyridine rings is 2. The van der Waals surface area contributed by atoms with Crippen LogP contribution in [-0.2, 0) is 6.54 Å². The van der Waals surface area contributed by atoms with E-state index in [-0.39, 0.29) is 5.91 Å². The van der Waals surface area contributed by atoms with Gasteiger partial charge in [0.05, 0.1) is 5.69 Å². The average Bonchev–Trinajstić information content (AvgIpc) is 3.37. The summed E-state index contributed by atoms with van der Waals surface area (Å²) in [5.74, 6) is -0.184. The number of anilines is 1. The fraction of sp³-hybridized carbons (Fsp3) is 0.0476. The maximum Gasteiger partial charge on any atom is 0.274 e. The maximum absolute atomic E-state index is 12.7. The summed E-state index contributed by atoms with van der Waals surface area (Å²) in [5.41, 5.74) is 3.45. The zero-order chi connectivity index (χ0) is 19.2. The van der Waals surface area contributed by atoms with E-state index in [0.717, 1.165) is 16.8 Å². The molecule has 6 nitrogen and oxygen atoms in total. The Morgan fingerprint density at radius 3 is 2.79 bits per heavy atom. The van der Waals surface area contributed by atoms with Crippen LogP contribution < -0.4 is 5.32 Å². The molecule has 4 aromatic heterocycles. The van der Waals surface area contributed by atoms with Gasteiger partial charge in [-0.15, -0.1) is 11.3 Å². The molecule has 0 fully saturated rings. The van der Waals surface area contributed by atoms with Gasteiger partial charge in [0.1, 0.15) is 5.69 Å². The molecule has 0 atom stereocenters. The van der Waals surface area contributed by atoms with Crippen molar-refractivity contribution in [1.29, 1.82) is 0 Å². The van der Waals surface area contributed by atoms with E-state index in [2.05, 4.69) is 20.3 Å². The van der Waals surface area contributed by atoms with Gasteiger partial charge in [0.25, 0.3) is 5.91 Å². The quantitative estimate of drug-likeness (QED) is 0.538. The highest BCUT2D eigenvalue weighted by Crippen LogP contribution is 2.19. The maximum atomic E-state index is 12.7. The Bertz CT molecular complexity index is 1090. The van der Waals surface area contributed by atoms with Crippen molar-refractivity contribution in [1.82, 2.24) is 19.5 Å². The molecular weight excluding hydrogens is 370 g/mol. The van der Waals surface area contributed by atoms with Gasteiger partial charge in [0.2, 0.25) is 0 Å². The van der Waals surface area contributed by atoms with Gasteiger partial charge in [0.15, 0.2) is 5.13 Å². The summed E-state index contributed by atoms with van der Waals surface area (Å²) >= 11 is 1.39. The van der Waals surface area contributed by atoms with Gasteiger partial charge in [-0.2, -0.15) is 0 Å². The number of nitrogens with zero attached hydrogens (tertiary/aromatic N) is 4. The highest BCUT2D eigenvalue weighted by Gasteiger charge is 2.13. The van der Waals surface area contributed by atoms with Crippen molar-refractivity contribution in [2.45, 2.75) is 6.54 Å². The molecule has 0 spiro atoms. The van der Waals surface area contributed by atoms with Crippen LogP contribution in [0.15, 0.2) is 72.8 Å². The summed E-state index contributed by atoms with van der Waals surface area (Å²) in [6.45, 7) is 0.606. The van der Waals surface area contributed by atoms with Gasteiger partial charge in [0, 0.05) is 42.9 Å². The summed E-state index contributed by atoms with van der Waals surface area (Å²) in [4.78, 5) is 25.2. The molecule has 0 saturated carbocycles. The SMILES string of the molecule is O=C(Nc1nc(/C=C/c2cccnc2)cs1)c1cccn1Cc1ccncc1. The van der Waals surface area contributed by atoms with Gasteiger partial charge >= 0.3 is 0 Å². The number of hydrogen-bond acceptors (Lipinski definition) is 5. The van der Waals surface area contributed by atoms with Gasteiger partial charge in [-0.05, 0) is 47.5 Å². The Morgan fingerprint density at radius 2 is 1.96 bits per heavy atom. The number of amides is 1. The fourth-order valence-electron chi connectivity index (χ4n) is 2.68. The fourth-order valence-corrected chi connectivity index (χ4v) is 3.35. The Balaban J connectivity index is 1.43. The average molecular weight is 387 g/mol. The molecule has 1 N–H and O–H groups in total. The van der Waals surface area contributed by atoms with E-state index in [1.807, 2.05) is 58.6 Å². The molecule has 0 radical (unpaired) electrons. The van der Waals surface area contributed by atoms with Crippen molar-refractivity contribution in [3.63, 3.8) is 0 Å². The molecule has 138 valence electrons. The normalized spacial score (nSPS) is 11.0. The first-order valence-corrected chi connectivity index (χ1v) is 9.55. The largest absolute Gasteiger partial charge is 0.339 e. The molecule has 0 aromatic carbocycles. The van der Waals surface area contributed by atoms with Crippen LogP contribution in [-0.4, -0.2) is 25.4 Å². The number of aromatic nitrogens is 4. The third-order valence-corrected chi connectivity index (χ3v) is 4.81. The van der Waals surface area contributed by atoms with Crippen molar-refractivity contribution in [2.75, 3.05) is 5.32 Å². The standard InChI is InChI=1S/C21H17N5OS/c27-20(19-4-2-12-26(19)14-17-7-10-22-11-8-17)25-21-24-18(15-28-21)6-5-16-3-1-9-23-13-16/h1-13,15H,14H2,(H,24,25,27)/b6-5+. The van der Waals surface area contributed by atoms with Crippen LogP contribution >= 0.6 is 11.3 Å². The molecule has 0 aliphatic carbocycles. The lowest BCUT2D eigenvalue weighted by atomic mass is 10.2. The molecule has 0 unspecified atom stereocenters. The Hall–Kier alpha value is -3.58. The monoisotopic (exact) mass is 387 g/mol. The van der Waals surface area contributed by atoms with Crippen LogP contribution in [0.5, 0.6) is 0 Å². The molecule has 7 heteroatoms. The molecule has 0 aliphatic heterocycles. The van der Waals surface area contributed by atoms with Gasteiger partial charge < -0.3 is 4.57 Å². The molecule has 4 aromatic rings. The van der Waals surface area contributed by atoms with Crippen molar-refractivity contribution in [3.05, 3.63) is 95.3 Å². The molecule has 0 saturated heterocycles. The summed E-state index contributed by atoms with van der Waals surface area (Å²) < 4.78 is 1.90. The lowest BCUT2D eigenvalue weighted by molar-refractivity contribution is 0.101. The molecule has 4 heterocycles. The van der Waals surface area contributed by atoms with Crippen LogP contribution in [0.1, 0.15) is 27.3 Å². The Labute approximate surface area is 166 Å². The van der Waals surface area contributed by atoms with E-state index in [1.54, 1.807) is 30.9 Å². The number of thiazole rings is 1. The minimum absolute atomic E-state index is 0.184. The van der Waals surface area contributed by atoms with E-state index in [4.69, 9.17) is 0 Å². The molecule has 0 aliphatic rings. The predicted molar refractivity (Wildman–Crippen MR) is 111 cm³/mol. The van der Waals surface area contributed by atoms with Crippen LogP contribution in [0.25, 0.3) is 12.2 Å². The number of hydrogen-bond donors (Lipinski definition) is 1. The highest BCUT2D eigenvalue weighted by molar-refractivity contribution is 7.14. The Kier molecular flexibility index (Phi) is 5.35. The van der Waals surface area contributed by atoms with Crippen LogP contribution in [0, 0.1) is 0 Å². The van der Waals surface area contributed by atoms with Gasteiger partial charge in [-0.1, -0.05) is 12.1 Å². The van der Waals surface area contributed by atoms with Crippen LogP contribution in [0.3, 0.4) is 0 Å². The third kappa shape index (κ3) is 4.39. The van der Waals surface area contributed by atoms with Crippen molar-refractivity contribution in [3.8, 4) is 0 Å². The van der Waals surface area contributed by atoms with E-state index < -0.39 is 0 Å². The Morgan fingerprint density at radius 1 is 1.07 bits per heavy atom. The predicted octanol–water partition coefficient (Wildman–Crippen LogP) is 4.21. The third-order valence-electron chi connectivity index (χ3n) is 4.04. The highest BCUT2D eigenvalue weighted by atomic mass is 32.1. The summed E-state index contributed by atoms with van der Waals surface area (Å²) in [7, 11) is 0. The summed E-state index contributed by atoms with van der Waals surface area (Å²) in [6.07, 6.45) is 12.7. The van der Waals surface area contributed by atoms with Crippen molar-refractivity contribution >= 4 is 34.5 Å². The van der Waals surface area contributed by atoms with Crippen LogP contribution in [0.4, 0.5) is 5.13 Å². The van der Waals surface area contributed by atoms with Gasteiger partial charge in [-0.3, -0.25) is 20.1 Å². The lowest BCUT2D eigenvalue weighted by Gasteiger charge is -2.08. The second-order valence-electron chi connectivity index (χ2n) is 6.03. The topological polar surface area (TPSA) is 72.7 Å².